The molecule has 0 atom stereocenters. The molecule has 0 unspecified atom stereocenters. The summed E-state index contributed by atoms with van der Waals surface area (Å²) in [6.07, 6.45) is 6.92. The highest BCUT2D eigenvalue weighted by atomic mass is 35.5. The minimum atomic E-state index is 0.109. The predicted molar refractivity (Wildman–Crippen MR) is 107 cm³/mol. The molecule has 1 aromatic carbocycles. The molecule has 0 amide bonds. The number of hydrogen-bond acceptors (Lipinski definition) is 6. The van der Waals surface area contributed by atoms with E-state index in [-0.39, 0.29) is 5.28 Å². The molecule has 0 saturated carbocycles. The minimum absolute atomic E-state index is 0.109. The van der Waals surface area contributed by atoms with Gasteiger partial charge in [0.15, 0.2) is 17.0 Å². The van der Waals surface area contributed by atoms with Gasteiger partial charge >= 0.3 is 0 Å². The molecule has 4 aromatic rings. The highest BCUT2D eigenvalue weighted by Gasteiger charge is 2.13. The number of anilines is 1. The van der Waals surface area contributed by atoms with E-state index in [1.807, 2.05) is 48.7 Å². The number of halogens is 1. The van der Waals surface area contributed by atoms with E-state index in [1.54, 1.807) is 24.9 Å². The fraction of sp³-hybridized carbons (Fsp3) is 0.105. The molecular formula is C19H16ClN7. The second-order valence-corrected chi connectivity index (χ2v) is 6.47. The Balaban J connectivity index is 1.70. The summed E-state index contributed by atoms with van der Waals surface area (Å²) >= 11 is 6.12. The van der Waals surface area contributed by atoms with Crippen LogP contribution < -0.4 is 5.43 Å². The van der Waals surface area contributed by atoms with E-state index in [1.165, 1.54) is 0 Å². The molecule has 0 saturated heterocycles. The molecule has 0 fully saturated rings. The van der Waals surface area contributed by atoms with Crippen molar-refractivity contribution in [1.29, 1.82) is 0 Å². The third-order valence-electron chi connectivity index (χ3n) is 3.93. The molecule has 27 heavy (non-hydrogen) atoms. The van der Waals surface area contributed by atoms with Gasteiger partial charge in [-0.15, -0.1) is 0 Å². The Morgan fingerprint density at radius 1 is 1.11 bits per heavy atom. The number of imidazole rings is 1. The lowest BCUT2D eigenvalue weighted by Crippen LogP contribution is -2.00. The maximum Gasteiger partial charge on any atom is 0.226 e. The Morgan fingerprint density at radius 2 is 2.00 bits per heavy atom. The first-order valence-corrected chi connectivity index (χ1v) is 8.66. The number of rotatable bonds is 4. The second-order valence-electron chi connectivity index (χ2n) is 6.13. The zero-order valence-corrected chi connectivity index (χ0v) is 15.5. The van der Waals surface area contributed by atoms with Gasteiger partial charge in [0.2, 0.25) is 5.28 Å². The van der Waals surface area contributed by atoms with Crippen LogP contribution in [0.4, 0.5) is 5.82 Å². The zero-order valence-electron chi connectivity index (χ0n) is 14.8. The number of nitrogens with one attached hydrogen (secondary N) is 1. The lowest BCUT2D eigenvalue weighted by atomic mass is 10.2. The van der Waals surface area contributed by atoms with Crippen LogP contribution in [0.15, 0.2) is 54.2 Å². The van der Waals surface area contributed by atoms with Gasteiger partial charge in [0.25, 0.3) is 0 Å². The Morgan fingerprint density at radius 3 is 2.81 bits per heavy atom. The van der Waals surface area contributed by atoms with E-state index in [4.69, 9.17) is 11.6 Å². The highest BCUT2D eigenvalue weighted by Crippen LogP contribution is 2.23. The van der Waals surface area contributed by atoms with Gasteiger partial charge in [0.1, 0.15) is 6.33 Å². The Bertz CT molecular complexity index is 1150. The monoisotopic (exact) mass is 377 g/mol. The van der Waals surface area contributed by atoms with Crippen molar-refractivity contribution >= 4 is 34.8 Å². The quantitative estimate of drug-likeness (QED) is 0.331. The zero-order chi connectivity index (χ0) is 18.8. The van der Waals surface area contributed by atoms with Gasteiger partial charge in [0, 0.05) is 6.20 Å². The van der Waals surface area contributed by atoms with Gasteiger partial charge < -0.3 is 0 Å². The van der Waals surface area contributed by atoms with Gasteiger partial charge in [-0.3, -0.25) is 15.0 Å². The predicted octanol–water partition coefficient (Wildman–Crippen LogP) is 3.93. The van der Waals surface area contributed by atoms with Crippen LogP contribution in [-0.2, 0) is 0 Å². The van der Waals surface area contributed by atoms with Crippen LogP contribution >= 0.6 is 11.6 Å². The number of pyridine rings is 1. The average Bonchev–Trinajstić information content (AvgIpc) is 3.05. The van der Waals surface area contributed by atoms with Crippen LogP contribution in [0.3, 0.4) is 0 Å². The van der Waals surface area contributed by atoms with Crippen molar-refractivity contribution in [2.24, 2.45) is 5.10 Å². The number of benzene rings is 1. The summed E-state index contributed by atoms with van der Waals surface area (Å²) in [5.41, 5.74) is 8.10. The molecule has 7 nitrogen and oxygen atoms in total. The third-order valence-corrected chi connectivity index (χ3v) is 4.10. The molecule has 0 aliphatic rings. The van der Waals surface area contributed by atoms with Crippen molar-refractivity contribution in [2.75, 3.05) is 5.43 Å². The first-order chi connectivity index (χ1) is 13.1. The van der Waals surface area contributed by atoms with Crippen LogP contribution in [-0.4, -0.2) is 30.7 Å². The van der Waals surface area contributed by atoms with Crippen LogP contribution in [0.25, 0.3) is 16.9 Å². The summed E-state index contributed by atoms with van der Waals surface area (Å²) in [7, 11) is 0. The van der Waals surface area contributed by atoms with E-state index >= 15 is 0 Å². The highest BCUT2D eigenvalue weighted by molar-refractivity contribution is 6.28. The SMILES string of the molecule is Cc1cccc(C=NNc2nc(Cl)nc3c2ncn3-c2cncc(C)c2)c1. The van der Waals surface area contributed by atoms with Gasteiger partial charge in [-0.2, -0.15) is 15.1 Å². The molecule has 3 heterocycles. The normalized spacial score (nSPS) is 11.4. The average molecular weight is 378 g/mol. The van der Waals surface area contributed by atoms with E-state index in [0.29, 0.717) is 17.0 Å². The van der Waals surface area contributed by atoms with E-state index < -0.39 is 0 Å². The maximum atomic E-state index is 6.12. The van der Waals surface area contributed by atoms with Crippen molar-refractivity contribution in [2.45, 2.75) is 13.8 Å². The lowest BCUT2D eigenvalue weighted by molar-refractivity contribution is 1.04. The van der Waals surface area contributed by atoms with E-state index in [9.17, 15) is 0 Å². The van der Waals surface area contributed by atoms with Crippen LogP contribution in [0.5, 0.6) is 0 Å². The van der Waals surface area contributed by atoms with Crippen LogP contribution in [0, 0.1) is 13.8 Å². The number of nitrogens with zero attached hydrogens (tertiary/aromatic N) is 6. The summed E-state index contributed by atoms with van der Waals surface area (Å²) in [4.78, 5) is 17.2. The number of aryl methyl sites for hydroxylation is 2. The van der Waals surface area contributed by atoms with Crippen molar-refractivity contribution in [3.05, 3.63) is 71.0 Å². The van der Waals surface area contributed by atoms with Crippen molar-refractivity contribution in [3.8, 4) is 5.69 Å². The third kappa shape index (κ3) is 3.63. The molecular weight excluding hydrogens is 362 g/mol. The first kappa shape index (κ1) is 17.1. The second kappa shape index (κ2) is 7.13. The van der Waals surface area contributed by atoms with Crippen molar-refractivity contribution in [3.63, 3.8) is 0 Å². The Hall–Kier alpha value is -3.32. The smallest absolute Gasteiger partial charge is 0.226 e. The van der Waals surface area contributed by atoms with Gasteiger partial charge in [0.05, 0.1) is 18.1 Å². The molecule has 3 aromatic heterocycles. The van der Waals surface area contributed by atoms with Gasteiger partial charge in [-0.1, -0.05) is 29.8 Å². The minimum Gasteiger partial charge on any atom is -0.282 e. The summed E-state index contributed by atoms with van der Waals surface area (Å²) in [6, 6.07) is 10.0. The van der Waals surface area contributed by atoms with Gasteiger partial charge in [-0.25, -0.2) is 4.98 Å². The first-order valence-electron chi connectivity index (χ1n) is 8.28. The summed E-state index contributed by atoms with van der Waals surface area (Å²) in [5.74, 6) is 0.438. The fourth-order valence-electron chi connectivity index (χ4n) is 2.73. The summed E-state index contributed by atoms with van der Waals surface area (Å²) < 4.78 is 1.82. The molecule has 0 aliphatic carbocycles. The Labute approximate surface area is 160 Å². The molecule has 0 aliphatic heterocycles. The van der Waals surface area contributed by atoms with E-state index in [2.05, 4.69) is 30.5 Å². The largest absolute Gasteiger partial charge is 0.282 e. The molecule has 0 bridgehead atoms. The van der Waals surface area contributed by atoms with Crippen molar-refractivity contribution in [1.82, 2.24) is 24.5 Å². The standard InChI is InChI=1S/C19H16ClN7/c1-12-4-3-5-14(6-12)9-23-26-17-16-18(25-19(20)24-17)27(11-22-16)15-7-13(2)8-21-10-15/h3-11H,1-2H3,(H,24,25,26). The Kier molecular flexibility index (Phi) is 4.52. The number of aromatic nitrogens is 5. The van der Waals surface area contributed by atoms with Crippen LogP contribution in [0.2, 0.25) is 5.28 Å². The fourth-order valence-corrected chi connectivity index (χ4v) is 2.89. The summed E-state index contributed by atoms with van der Waals surface area (Å²) in [5, 5.41) is 4.36. The maximum absolute atomic E-state index is 6.12. The topological polar surface area (TPSA) is 80.9 Å². The van der Waals surface area contributed by atoms with Crippen molar-refractivity contribution < 1.29 is 0 Å². The molecule has 134 valence electrons. The van der Waals surface area contributed by atoms with Crippen LogP contribution in [0.1, 0.15) is 16.7 Å². The molecule has 8 heteroatoms. The molecule has 0 spiro atoms. The molecule has 4 rings (SSSR count). The lowest BCUT2D eigenvalue weighted by Gasteiger charge is -2.05. The summed E-state index contributed by atoms with van der Waals surface area (Å²) in [6.45, 7) is 4.01. The molecule has 1 N–H and O–H groups in total. The molecule has 0 radical (unpaired) electrons. The van der Waals surface area contributed by atoms with Gasteiger partial charge in [-0.05, 0) is 42.6 Å². The number of hydrogen-bond donors (Lipinski definition) is 1. The number of hydrazone groups is 1. The number of fused-ring (bicyclic) bond motifs is 1. The van der Waals surface area contributed by atoms with E-state index in [0.717, 1.165) is 22.4 Å².